The van der Waals surface area contributed by atoms with E-state index in [-0.39, 0.29) is 5.82 Å². The van der Waals surface area contributed by atoms with Gasteiger partial charge in [-0.15, -0.1) is 0 Å². The molecule has 0 spiro atoms. The highest BCUT2D eigenvalue weighted by molar-refractivity contribution is 5.34. The molecule has 2 rings (SSSR count). The van der Waals surface area contributed by atoms with E-state index in [9.17, 15) is 9.50 Å². The Balaban J connectivity index is 1.97. The average Bonchev–Trinajstić information content (AvgIpc) is 2.47. The highest BCUT2D eigenvalue weighted by Gasteiger charge is 2.30. The van der Waals surface area contributed by atoms with Crippen molar-refractivity contribution in [3.8, 4) is 5.75 Å². The van der Waals surface area contributed by atoms with Crippen LogP contribution >= 0.6 is 0 Å². The van der Waals surface area contributed by atoms with Crippen molar-refractivity contribution in [3.63, 3.8) is 0 Å². The third-order valence-corrected chi connectivity index (χ3v) is 4.05. The molecular formula is C17H26FNO2. The van der Waals surface area contributed by atoms with Crippen LogP contribution in [0.2, 0.25) is 0 Å². The molecule has 0 aromatic heterocycles. The standard InChI is InChI=1S/C17H26FNO2/c1-2-10-19-12-14-11-15(18)6-7-16(14)21-13-17(20)8-4-3-5-9-17/h6-7,11,19-20H,2-5,8-10,12-13H2,1H3. The lowest BCUT2D eigenvalue weighted by atomic mass is 9.85. The summed E-state index contributed by atoms with van der Waals surface area (Å²) in [6.07, 6.45) is 5.90. The molecule has 118 valence electrons. The van der Waals surface area contributed by atoms with Gasteiger partial charge in [0.05, 0.1) is 5.60 Å². The van der Waals surface area contributed by atoms with Crippen LogP contribution < -0.4 is 10.1 Å². The number of benzene rings is 1. The Labute approximate surface area is 126 Å². The third kappa shape index (κ3) is 4.97. The summed E-state index contributed by atoms with van der Waals surface area (Å²) >= 11 is 0. The van der Waals surface area contributed by atoms with Gasteiger partial charge in [0.2, 0.25) is 0 Å². The molecule has 4 heteroatoms. The zero-order valence-electron chi connectivity index (χ0n) is 12.8. The molecule has 1 fully saturated rings. The minimum absolute atomic E-state index is 0.257. The zero-order valence-corrected chi connectivity index (χ0v) is 12.8. The van der Waals surface area contributed by atoms with Gasteiger partial charge in [-0.25, -0.2) is 4.39 Å². The van der Waals surface area contributed by atoms with Gasteiger partial charge >= 0.3 is 0 Å². The van der Waals surface area contributed by atoms with Crippen molar-refractivity contribution < 1.29 is 14.2 Å². The van der Waals surface area contributed by atoms with E-state index in [4.69, 9.17) is 4.74 Å². The van der Waals surface area contributed by atoms with Crippen molar-refractivity contribution in [2.45, 2.75) is 57.6 Å². The van der Waals surface area contributed by atoms with Crippen LogP contribution in [0.3, 0.4) is 0 Å². The van der Waals surface area contributed by atoms with Gasteiger partial charge in [0, 0.05) is 12.1 Å². The zero-order chi connectivity index (χ0) is 15.1. The van der Waals surface area contributed by atoms with E-state index in [1.807, 2.05) is 0 Å². The number of hydrogen-bond acceptors (Lipinski definition) is 3. The highest BCUT2D eigenvalue weighted by atomic mass is 19.1. The van der Waals surface area contributed by atoms with Crippen molar-refractivity contribution in [2.24, 2.45) is 0 Å². The van der Waals surface area contributed by atoms with E-state index in [0.29, 0.717) is 18.9 Å². The van der Waals surface area contributed by atoms with Crippen LogP contribution in [0.1, 0.15) is 51.0 Å². The van der Waals surface area contributed by atoms with Crippen LogP contribution in [0, 0.1) is 5.82 Å². The maximum Gasteiger partial charge on any atom is 0.124 e. The largest absolute Gasteiger partial charge is 0.490 e. The molecule has 0 heterocycles. The molecule has 1 aliphatic rings. The summed E-state index contributed by atoms with van der Waals surface area (Å²) in [5.74, 6) is 0.408. The molecule has 0 atom stereocenters. The second-order valence-electron chi connectivity index (χ2n) is 6.00. The number of hydrogen-bond donors (Lipinski definition) is 2. The Bertz CT molecular complexity index is 444. The molecule has 0 radical (unpaired) electrons. The van der Waals surface area contributed by atoms with E-state index in [1.165, 1.54) is 18.6 Å². The summed E-state index contributed by atoms with van der Waals surface area (Å²) < 4.78 is 19.2. The van der Waals surface area contributed by atoms with Crippen molar-refractivity contribution in [2.75, 3.05) is 13.2 Å². The van der Waals surface area contributed by atoms with Gasteiger partial charge in [-0.05, 0) is 44.0 Å². The smallest absolute Gasteiger partial charge is 0.124 e. The van der Waals surface area contributed by atoms with Gasteiger partial charge in [0.25, 0.3) is 0 Å². The van der Waals surface area contributed by atoms with Gasteiger partial charge in [-0.3, -0.25) is 0 Å². The van der Waals surface area contributed by atoms with Crippen molar-refractivity contribution >= 4 is 0 Å². The first-order chi connectivity index (χ1) is 10.1. The summed E-state index contributed by atoms with van der Waals surface area (Å²) in [6, 6.07) is 4.57. The van der Waals surface area contributed by atoms with Crippen LogP contribution in [0.5, 0.6) is 5.75 Å². The number of halogens is 1. The minimum Gasteiger partial charge on any atom is -0.490 e. The van der Waals surface area contributed by atoms with Crippen LogP contribution in [0.4, 0.5) is 4.39 Å². The van der Waals surface area contributed by atoms with Crippen molar-refractivity contribution in [1.82, 2.24) is 5.32 Å². The van der Waals surface area contributed by atoms with Crippen LogP contribution in [0.15, 0.2) is 18.2 Å². The summed E-state index contributed by atoms with van der Waals surface area (Å²) in [6.45, 7) is 3.85. The van der Waals surface area contributed by atoms with Crippen LogP contribution in [0.25, 0.3) is 0 Å². The Hall–Kier alpha value is -1.13. The minimum atomic E-state index is -0.721. The first-order valence-corrected chi connectivity index (χ1v) is 7.97. The first kappa shape index (κ1) is 16.2. The highest BCUT2D eigenvalue weighted by Crippen LogP contribution is 2.29. The van der Waals surface area contributed by atoms with E-state index in [0.717, 1.165) is 44.2 Å². The fraction of sp³-hybridized carbons (Fsp3) is 0.647. The number of rotatable bonds is 7. The Morgan fingerprint density at radius 1 is 1.29 bits per heavy atom. The SMILES string of the molecule is CCCNCc1cc(F)ccc1OCC1(O)CCCCC1. The second-order valence-corrected chi connectivity index (χ2v) is 6.00. The Morgan fingerprint density at radius 2 is 2.05 bits per heavy atom. The summed E-state index contributed by atoms with van der Waals surface area (Å²) in [7, 11) is 0. The number of ether oxygens (including phenoxy) is 1. The summed E-state index contributed by atoms with van der Waals surface area (Å²) in [4.78, 5) is 0. The van der Waals surface area contributed by atoms with E-state index in [1.54, 1.807) is 6.07 Å². The predicted octanol–water partition coefficient (Wildman–Crippen LogP) is 3.40. The maximum atomic E-state index is 13.4. The van der Waals surface area contributed by atoms with Crippen molar-refractivity contribution in [3.05, 3.63) is 29.6 Å². The first-order valence-electron chi connectivity index (χ1n) is 7.97. The van der Waals surface area contributed by atoms with Gasteiger partial charge in [-0.2, -0.15) is 0 Å². The lowest BCUT2D eigenvalue weighted by Crippen LogP contribution is -2.38. The Kier molecular flexibility index (Phi) is 6.00. The lowest BCUT2D eigenvalue weighted by Gasteiger charge is -2.32. The van der Waals surface area contributed by atoms with E-state index in [2.05, 4.69) is 12.2 Å². The second kappa shape index (κ2) is 7.76. The van der Waals surface area contributed by atoms with E-state index >= 15 is 0 Å². The van der Waals surface area contributed by atoms with Crippen LogP contribution in [-0.2, 0) is 6.54 Å². The van der Waals surface area contributed by atoms with Gasteiger partial charge < -0.3 is 15.2 Å². The maximum absolute atomic E-state index is 13.4. The molecular weight excluding hydrogens is 269 g/mol. The van der Waals surface area contributed by atoms with Gasteiger partial charge in [-0.1, -0.05) is 26.2 Å². The molecule has 1 aromatic carbocycles. The quantitative estimate of drug-likeness (QED) is 0.758. The molecule has 21 heavy (non-hydrogen) atoms. The molecule has 0 bridgehead atoms. The molecule has 0 unspecified atom stereocenters. The van der Waals surface area contributed by atoms with Crippen molar-refractivity contribution in [1.29, 1.82) is 0 Å². The Morgan fingerprint density at radius 3 is 2.76 bits per heavy atom. The van der Waals surface area contributed by atoms with E-state index < -0.39 is 5.60 Å². The molecule has 0 aliphatic heterocycles. The fourth-order valence-corrected chi connectivity index (χ4v) is 2.79. The van der Waals surface area contributed by atoms with Gasteiger partial charge in [0.15, 0.2) is 0 Å². The summed E-state index contributed by atoms with van der Waals surface area (Å²) in [5, 5.41) is 13.7. The summed E-state index contributed by atoms with van der Waals surface area (Å²) in [5.41, 5.74) is 0.0867. The predicted molar refractivity (Wildman–Crippen MR) is 81.9 cm³/mol. The lowest BCUT2D eigenvalue weighted by molar-refractivity contribution is -0.0341. The average molecular weight is 295 g/mol. The number of nitrogens with one attached hydrogen (secondary N) is 1. The molecule has 1 aromatic rings. The van der Waals surface area contributed by atoms with Gasteiger partial charge in [0.1, 0.15) is 18.2 Å². The molecule has 3 nitrogen and oxygen atoms in total. The monoisotopic (exact) mass is 295 g/mol. The number of aliphatic hydroxyl groups is 1. The molecule has 0 saturated heterocycles. The normalized spacial score (nSPS) is 17.7. The van der Waals surface area contributed by atoms with Crippen LogP contribution in [-0.4, -0.2) is 23.9 Å². The molecule has 1 saturated carbocycles. The molecule has 0 amide bonds. The molecule has 2 N–H and O–H groups in total. The topological polar surface area (TPSA) is 41.5 Å². The third-order valence-electron chi connectivity index (χ3n) is 4.05. The molecule has 1 aliphatic carbocycles. The fourth-order valence-electron chi connectivity index (χ4n) is 2.79.